The number of pyridine rings is 1. The number of nitrogens with zero attached hydrogens (tertiary/aromatic N) is 3. The smallest absolute Gasteiger partial charge is 0.253 e. The first-order valence-corrected chi connectivity index (χ1v) is 4.77. The van der Waals surface area contributed by atoms with E-state index < -0.39 is 5.91 Å². The number of carbonyl (C=O) groups is 1. The van der Waals surface area contributed by atoms with Gasteiger partial charge in [-0.2, -0.15) is 0 Å². The van der Waals surface area contributed by atoms with Crippen molar-refractivity contribution in [2.24, 2.45) is 5.73 Å². The lowest BCUT2D eigenvalue weighted by molar-refractivity contribution is 0.100. The van der Waals surface area contributed by atoms with E-state index in [-0.39, 0.29) is 0 Å². The lowest BCUT2D eigenvalue weighted by Crippen LogP contribution is -2.11. The van der Waals surface area contributed by atoms with E-state index in [4.69, 9.17) is 5.73 Å². The molecule has 3 heterocycles. The molecule has 16 heavy (non-hydrogen) atoms. The summed E-state index contributed by atoms with van der Waals surface area (Å²) in [4.78, 5) is 19.5. The molecule has 0 aliphatic rings. The van der Waals surface area contributed by atoms with Gasteiger partial charge in [0.1, 0.15) is 11.8 Å². The number of fused-ring (bicyclic) bond motifs is 3. The minimum absolute atomic E-state index is 0.443. The molecule has 0 saturated heterocycles. The molecule has 0 saturated carbocycles. The van der Waals surface area contributed by atoms with Gasteiger partial charge in [-0.05, 0) is 12.1 Å². The summed E-state index contributed by atoms with van der Waals surface area (Å²) in [6.07, 6.45) is 4.93. The van der Waals surface area contributed by atoms with Gasteiger partial charge in [-0.25, -0.2) is 9.97 Å². The van der Waals surface area contributed by atoms with Crippen LogP contribution in [-0.4, -0.2) is 20.3 Å². The predicted octanol–water partition coefficient (Wildman–Crippen LogP) is 0.981. The number of rotatable bonds is 1. The topological polar surface area (TPSA) is 73.3 Å². The molecule has 78 valence electrons. The minimum Gasteiger partial charge on any atom is -0.365 e. The van der Waals surface area contributed by atoms with Crippen LogP contribution in [0.2, 0.25) is 0 Å². The third kappa shape index (κ3) is 1.02. The van der Waals surface area contributed by atoms with E-state index in [2.05, 4.69) is 9.97 Å². The highest BCUT2D eigenvalue weighted by Gasteiger charge is 2.16. The van der Waals surface area contributed by atoms with Crippen LogP contribution in [-0.2, 0) is 0 Å². The number of hydrogen-bond donors (Lipinski definition) is 1. The second-order valence-electron chi connectivity index (χ2n) is 3.45. The van der Waals surface area contributed by atoms with E-state index in [0.717, 1.165) is 11.0 Å². The molecule has 3 aromatic rings. The zero-order valence-electron chi connectivity index (χ0n) is 8.29. The monoisotopic (exact) mass is 212 g/mol. The molecule has 0 unspecified atom stereocenters. The molecule has 2 N–H and O–H groups in total. The molecule has 0 aliphatic carbocycles. The Balaban J connectivity index is 2.64. The van der Waals surface area contributed by atoms with Gasteiger partial charge in [0.05, 0.1) is 22.8 Å². The number of amides is 1. The first-order valence-electron chi connectivity index (χ1n) is 4.77. The molecule has 0 radical (unpaired) electrons. The van der Waals surface area contributed by atoms with Crippen LogP contribution in [0.15, 0.2) is 36.9 Å². The first-order chi connectivity index (χ1) is 7.79. The Morgan fingerprint density at radius 3 is 3.00 bits per heavy atom. The largest absolute Gasteiger partial charge is 0.365 e. The van der Waals surface area contributed by atoms with Crippen molar-refractivity contribution in [1.82, 2.24) is 14.4 Å². The fourth-order valence-corrected chi connectivity index (χ4v) is 1.91. The Morgan fingerprint density at radius 2 is 2.19 bits per heavy atom. The lowest BCUT2D eigenvalue weighted by Gasteiger charge is -1.94. The van der Waals surface area contributed by atoms with Crippen LogP contribution in [0.4, 0.5) is 0 Å². The first kappa shape index (κ1) is 8.84. The Morgan fingerprint density at radius 1 is 1.31 bits per heavy atom. The van der Waals surface area contributed by atoms with Gasteiger partial charge in [-0.3, -0.25) is 4.79 Å². The maximum absolute atomic E-state index is 11.4. The molecule has 0 aliphatic heterocycles. The second kappa shape index (κ2) is 3.03. The van der Waals surface area contributed by atoms with E-state index >= 15 is 0 Å². The van der Waals surface area contributed by atoms with Gasteiger partial charge in [-0.1, -0.05) is 6.07 Å². The van der Waals surface area contributed by atoms with Gasteiger partial charge in [-0.15, -0.1) is 0 Å². The van der Waals surface area contributed by atoms with E-state index in [1.807, 2.05) is 28.8 Å². The SMILES string of the molecule is NC(=O)c1c2ncncc2n2ccccc12. The lowest BCUT2D eigenvalue weighted by atomic mass is 10.2. The van der Waals surface area contributed by atoms with Gasteiger partial charge in [0, 0.05) is 6.20 Å². The molecule has 5 nitrogen and oxygen atoms in total. The third-order valence-electron chi connectivity index (χ3n) is 2.55. The standard InChI is InChI=1S/C11H8N4O/c12-11(16)9-7-3-1-2-4-15(7)8-5-13-6-14-10(8)9/h1-6H,(H2,12,16). The molecule has 0 atom stereocenters. The normalized spacial score (nSPS) is 11.0. The number of carbonyl (C=O) groups excluding carboxylic acids is 1. The molecule has 0 fully saturated rings. The number of aromatic nitrogens is 3. The molecular weight excluding hydrogens is 204 g/mol. The molecule has 0 spiro atoms. The summed E-state index contributed by atoms with van der Waals surface area (Å²) in [5.74, 6) is -0.475. The summed E-state index contributed by atoms with van der Waals surface area (Å²) in [6.45, 7) is 0. The average Bonchev–Trinajstić information content (AvgIpc) is 2.63. The van der Waals surface area contributed by atoms with Crippen LogP contribution < -0.4 is 5.73 Å². The average molecular weight is 212 g/mol. The van der Waals surface area contributed by atoms with Gasteiger partial charge in [0.2, 0.25) is 0 Å². The molecule has 3 rings (SSSR count). The summed E-state index contributed by atoms with van der Waals surface area (Å²) in [5.41, 5.74) is 7.95. The molecule has 0 bridgehead atoms. The maximum Gasteiger partial charge on any atom is 0.253 e. The molecule has 3 aromatic heterocycles. The van der Waals surface area contributed by atoms with Gasteiger partial charge >= 0.3 is 0 Å². The molecule has 1 amide bonds. The third-order valence-corrected chi connectivity index (χ3v) is 2.55. The van der Waals surface area contributed by atoms with Crippen LogP contribution in [0.25, 0.3) is 16.6 Å². The number of hydrogen-bond acceptors (Lipinski definition) is 3. The molecular formula is C11H8N4O. The Bertz CT molecular complexity index is 648. The zero-order valence-corrected chi connectivity index (χ0v) is 8.29. The van der Waals surface area contributed by atoms with E-state index in [1.165, 1.54) is 6.33 Å². The van der Waals surface area contributed by atoms with Gasteiger partial charge < -0.3 is 10.1 Å². The highest BCUT2D eigenvalue weighted by Crippen LogP contribution is 2.23. The zero-order chi connectivity index (χ0) is 11.1. The predicted molar refractivity (Wildman–Crippen MR) is 59.0 cm³/mol. The summed E-state index contributed by atoms with van der Waals surface area (Å²) >= 11 is 0. The van der Waals surface area contributed by atoms with Crippen LogP contribution in [0.1, 0.15) is 10.4 Å². The van der Waals surface area contributed by atoms with Crippen LogP contribution in [0.3, 0.4) is 0 Å². The van der Waals surface area contributed by atoms with Crippen LogP contribution in [0.5, 0.6) is 0 Å². The quantitative estimate of drug-likeness (QED) is 0.653. The van der Waals surface area contributed by atoms with Crippen LogP contribution in [0, 0.1) is 0 Å². The molecule has 0 aromatic carbocycles. The van der Waals surface area contributed by atoms with E-state index in [9.17, 15) is 4.79 Å². The van der Waals surface area contributed by atoms with E-state index in [1.54, 1.807) is 6.20 Å². The van der Waals surface area contributed by atoms with Crippen LogP contribution >= 0.6 is 0 Å². The van der Waals surface area contributed by atoms with Crippen molar-refractivity contribution >= 4 is 22.5 Å². The number of nitrogens with two attached hydrogens (primary N) is 1. The summed E-state index contributed by atoms with van der Waals surface area (Å²) in [5, 5.41) is 0. The van der Waals surface area contributed by atoms with Crippen molar-refractivity contribution in [3.63, 3.8) is 0 Å². The fraction of sp³-hybridized carbons (Fsp3) is 0. The van der Waals surface area contributed by atoms with Gasteiger partial charge in [0.25, 0.3) is 5.91 Å². The summed E-state index contributed by atoms with van der Waals surface area (Å²) in [6, 6.07) is 5.57. The van der Waals surface area contributed by atoms with Crippen molar-refractivity contribution in [3.05, 3.63) is 42.5 Å². The van der Waals surface area contributed by atoms with Crippen molar-refractivity contribution < 1.29 is 4.79 Å². The summed E-state index contributed by atoms with van der Waals surface area (Å²) in [7, 11) is 0. The Hall–Kier alpha value is -2.43. The summed E-state index contributed by atoms with van der Waals surface area (Å²) < 4.78 is 1.86. The second-order valence-corrected chi connectivity index (χ2v) is 3.45. The van der Waals surface area contributed by atoms with Crippen molar-refractivity contribution in [2.75, 3.05) is 0 Å². The highest BCUT2D eigenvalue weighted by molar-refractivity contribution is 6.11. The van der Waals surface area contributed by atoms with Gasteiger partial charge in [0.15, 0.2) is 0 Å². The highest BCUT2D eigenvalue weighted by atomic mass is 16.1. The maximum atomic E-state index is 11.4. The minimum atomic E-state index is -0.475. The fourth-order valence-electron chi connectivity index (χ4n) is 1.91. The Labute approximate surface area is 90.5 Å². The van der Waals surface area contributed by atoms with Crippen molar-refractivity contribution in [3.8, 4) is 0 Å². The van der Waals surface area contributed by atoms with E-state index in [0.29, 0.717) is 11.1 Å². The Kier molecular flexibility index (Phi) is 1.67. The molecule has 5 heteroatoms. The van der Waals surface area contributed by atoms with Crippen molar-refractivity contribution in [1.29, 1.82) is 0 Å². The van der Waals surface area contributed by atoms with Crippen molar-refractivity contribution in [2.45, 2.75) is 0 Å². The number of primary amides is 1.